The molecule has 0 heterocycles. The minimum Gasteiger partial charge on any atom is -0.473 e. The van der Waals surface area contributed by atoms with E-state index in [9.17, 15) is 0 Å². The molecule has 0 spiro atoms. The minimum absolute atomic E-state index is 0. The molecule has 4 nitrogen and oxygen atoms in total. The molecule has 0 unspecified atom stereocenters. The average Bonchev–Trinajstić information content (AvgIpc) is 1.36. The monoisotopic (exact) mass is 229 g/mol. The van der Waals surface area contributed by atoms with Crippen LogP contribution in [-0.2, 0) is 9.59 Å². The molecule has 7 heavy (non-hydrogen) atoms. The van der Waals surface area contributed by atoms with Gasteiger partial charge in [-0.25, -0.2) is 9.59 Å². The summed E-state index contributed by atoms with van der Waals surface area (Å²) in [4.78, 5) is 18.2. The Kier molecular flexibility index (Phi) is 6.99. The summed E-state index contributed by atoms with van der Waals surface area (Å²) < 4.78 is 0. The van der Waals surface area contributed by atoms with E-state index in [0.717, 1.165) is 0 Å². The van der Waals surface area contributed by atoms with E-state index in [1.54, 1.807) is 0 Å². The van der Waals surface area contributed by atoms with E-state index in [1.807, 2.05) is 0 Å². The Morgan fingerprint density at radius 2 is 1.29 bits per heavy atom. The first-order chi connectivity index (χ1) is 2.64. The Hall–Kier alpha value is 0.511. The summed E-state index contributed by atoms with van der Waals surface area (Å²) in [7, 11) is 0. The van der Waals surface area contributed by atoms with Crippen LogP contribution < -0.4 is 0 Å². The second kappa shape index (κ2) is 4.67. The van der Waals surface area contributed by atoms with Crippen LogP contribution in [0, 0.1) is 0 Å². The zero-order valence-electron chi connectivity index (χ0n) is 4.42. The van der Waals surface area contributed by atoms with E-state index < -0.39 is 11.9 Å². The Labute approximate surface area is 81.1 Å². The van der Waals surface area contributed by atoms with Gasteiger partial charge in [-0.3, -0.25) is 0 Å². The molecule has 0 rings (SSSR count). The van der Waals surface area contributed by atoms with E-state index in [-0.39, 0.29) is 50.3 Å². The Morgan fingerprint density at radius 1 is 1.14 bits per heavy atom. The molecule has 0 radical (unpaired) electrons. The van der Waals surface area contributed by atoms with Gasteiger partial charge in [0.25, 0.3) is 0 Å². The molecule has 0 aliphatic heterocycles. The SMILES string of the molecule is O=C(O)C(=O)O.[Ba+2].[H+]. The second-order valence-electron chi connectivity index (χ2n) is 0.610. The molecule has 0 atom stereocenters. The number of aliphatic carboxylic acids is 2. The van der Waals surface area contributed by atoms with Gasteiger partial charge in [0.1, 0.15) is 0 Å². The van der Waals surface area contributed by atoms with Gasteiger partial charge in [0.05, 0.1) is 0 Å². The van der Waals surface area contributed by atoms with Crippen molar-refractivity contribution >= 4 is 60.8 Å². The molecule has 0 bridgehead atoms. The van der Waals surface area contributed by atoms with Gasteiger partial charge in [0, 0.05) is 0 Å². The molecule has 0 aromatic carbocycles. The summed E-state index contributed by atoms with van der Waals surface area (Å²) in [6, 6.07) is 0. The fourth-order valence-corrected chi connectivity index (χ4v) is 0. The largest absolute Gasteiger partial charge is 2.00 e. The summed E-state index contributed by atoms with van der Waals surface area (Å²) in [5.74, 6) is -3.65. The van der Waals surface area contributed by atoms with Gasteiger partial charge in [-0.05, 0) is 0 Å². The van der Waals surface area contributed by atoms with Crippen molar-refractivity contribution in [2.24, 2.45) is 0 Å². The van der Waals surface area contributed by atoms with Gasteiger partial charge in [0.2, 0.25) is 0 Å². The molecule has 0 aliphatic rings. The molecular formula is C2H3BaO4+3. The van der Waals surface area contributed by atoms with E-state index in [1.165, 1.54) is 0 Å². The number of rotatable bonds is 0. The van der Waals surface area contributed by atoms with Crippen LogP contribution in [0.2, 0.25) is 0 Å². The fraction of sp³-hybridized carbons (Fsp3) is 0. The topological polar surface area (TPSA) is 74.6 Å². The van der Waals surface area contributed by atoms with Crippen LogP contribution in [0.3, 0.4) is 0 Å². The molecule has 0 aromatic rings. The van der Waals surface area contributed by atoms with Crippen molar-refractivity contribution in [3.8, 4) is 0 Å². The van der Waals surface area contributed by atoms with Crippen molar-refractivity contribution in [2.45, 2.75) is 0 Å². The third-order valence-corrected chi connectivity index (χ3v) is 0.183. The predicted molar refractivity (Wildman–Crippen MR) is 22.1 cm³/mol. The number of hydrogen-bond donors (Lipinski definition) is 2. The third kappa shape index (κ3) is 6.51. The fourth-order valence-electron chi connectivity index (χ4n) is 0. The first kappa shape index (κ1) is 10.5. The normalized spacial score (nSPS) is 6.29. The smallest absolute Gasteiger partial charge is 0.473 e. The van der Waals surface area contributed by atoms with E-state index in [2.05, 4.69) is 0 Å². The van der Waals surface area contributed by atoms with Crippen LogP contribution in [0.5, 0.6) is 0 Å². The summed E-state index contributed by atoms with van der Waals surface area (Å²) in [5, 5.41) is 14.8. The van der Waals surface area contributed by atoms with E-state index in [0.29, 0.717) is 0 Å². The summed E-state index contributed by atoms with van der Waals surface area (Å²) in [6.07, 6.45) is 0. The van der Waals surface area contributed by atoms with Gasteiger partial charge < -0.3 is 10.2 Å². The van der Waals surface area contributed by atoms with Crippen molar-refractivity contribution in [3.63, 3.8) is 0 Å². The summed E-state index contributed by atoms with van der Waals surface area (Å²) >= 11 is 0. The summed E-state index contributed by atoms with van der Waals surface area (Å²) in [5.41, 5.74) is 0. The zero-order chi connectivity index (χ0) is 5.15. The van der Waals surface area contributed by atoms with E-state index >= 15 is 0 Å². The van der Waals surface area contributed by atoms with Gasteiger partial charge >= 0.3 is 62.2 Å². The molecule has 0 aliphatic carbocycles. The van der Waals surface area contributed by atoms with Crippen LogP contribution in [0.1, 0.15) is 1.43 Å². The van der Waals surface area contributed by atoms with Crippen LogP contribution in [0.25, 0.3) is 0 Å². The molecule has 0 saturated heterocycles. The first-order valence-corrected chi connectivity index (χ1v) is 1.11. The molecule has 0 aromatic heterocycles. The zero-order valence-corrected chi connectivity index (χ0v) is 7.86. The maximum atomic E-state index is 9.10. The number of hydrogen-bond acceptors (Lipinski definition) is 2. The molecule has 0 amide bonds. The average molecular weight is 228 g/mol. The molecule has 34 valence electrons. The van der Waals surface area contributed by atoms with Crippen molar-refractivity contribution in [3.05, 3.63) is 0 Å². The van der Waals surface area contributed by atoms with Crippen LogP contribution in [0.15, 0.2) is 0 Å². The van der Waals surface area contributed by atoms with Crippen LogP contribution in [-0.4, -0.2) is 71.0 Å². The Bertz CT molecular complexity index is 80.0. The van der Waals surface area contributed by atoms with Crippen molar-refractivity contribution in [1.82, 2.24) is 0 Å². The quantitative estimate of drug-likeness (QED) is 0.407. The minimum atomic E-state index is -1.82. The molecule has 2 N–H and O–H groups in total. The van der Waals surface area contributed by atoms with Crippen LogP contribution in [0.4, 0.5) is 0 Å². The number of carboxylic acid groups (broad SMARTS) is 2. The molecule has 0 saturated carbocycles. The van der Waals surface area contributed by atoms with Crippen molar-refractivity contribution < 1.29 is 21.2 Å². The predicted octanol–water partition coefficient (Wildman–Crippen LogP) is -1.11. The molecular weight excluding hydrogens is 225 g/mol. The van der Waals surface area contributed by atoms with Crippen LogP contribution >= 0.6 is 0 Å². The number of carboxylic acids is 2. The van der Waals surface area contributed by atoms with E-state index in [4.69, 9.17) is 19.8 Å². The van der Waals surface area contributed by atoms with Gasteiger partial charge in [-0.2, -0.15) is 0 Å². The van der Waals surface area contributed by atoms with Crippen molar-refractivity contribution in [1.29, 1.82) is 0 Å². The maximum Gasteiger partial charge on any atom is 2.00 e. The van der Waals surface area contributed by atoms with Gasteiger partial charge in [0.15, 0.2) is 0 Å². The van der Waals surface area contributed by atoms with Gasteiger partial charge in [-0.15, -0.1) is 0 Å². The number of carbonyl (C=O) groups is 2. The Morgan fingerprint density at radius 3 is 1.29 bits per heavy atom. The third-order valence-electron chi connectivity index (χ3n) is 0.183. The second-order valence-corrected chi connectivity index (χ2v) is 0.610. The summed E-state index contributed by atoms with van der Waals surface area (Å²) in [6.45, 7) is 0. The van der Waals surface area contributed by atoms with Crippen molar-refractivity contribution in [2.75, 3.05) is 0 Å². The van der Waals surface area contributed by atoms with Gasteiger partial charge in [-0.1, -0.05) is 0 Å². The maximum absolute atomic E-state index is 9.10. The first-order valence-electron chi connectivity index (χ1n) is 1.11. The standard InChI is InChI=1S/C2H2O4.Ba/c3-1(4)2(5)6;/h(H,3,4)(H,5,6);/q;+2/p+1. The Balaban J connectivity index is -0.000000125. The molecule has 5 heteroatoms. The molecule has 0 fully saturated rings.